The van der Waals surface area contributed by atoms with E-state index in [0.717, 1.165) is 15.8 Å². The number of carbonyl (C=O) groups excluding carboxylic acids is 2. The van der Waals surface area contributed by atoms with Gasteiger partial charge in [0.05, 0.1) is 16.2 Å². The number of aromatic hydroxyl groups is 2. The Morgan fingerprint density at radius 1 is 1.03 bits per heavy atom. The minimum absolute atomic E-state index is 0.115. The van der Waals surface area contributed by atoms with Crippen LogP contribution in [0.25, 0.3) is 10.8 Å². The number of carbonyl (C=O) groups is 2. The summed E-state index contributed by atoms with van der Waals surface area (Å²) in [4.78, 5) is 26.5. The Morgan fingerprint density at radius 3 is 2.45 bits per heavy atom. The molecule has 0 aromatic heterocycles. The zero-order valence-electron chi connectivity index (χ0n) is 14.8. The molecule has 1 atom stereocenters. The summed E-state index contributed by atoms with van der Waals surface area (Å²) in [6.07, 6.45) is 0. The zero-order chi connectivity index (χ0) is 20.9. The third kappa shape index (κ3) is 3.45. The van der Waals surface area contributed by atoms with Gasteiger partial charge in [-0.15, -0.1) is 0 Å². The Labute approximate surface area is 182 Å². The molecule has 29 heavy (non-hydrogen) atoms. The monoisotopic (exact) mass is 519 g/mol. The van der Waals surface area contributed by atoms with E-state index < -0.39 is 17.9 Å². The lowest BCUT2D eigenvalue weighted by Gasteiger charge is -2.17. The minimum atomic E-state index is -0.876. The Kier molecular flexibility index (Phi) is 4.97. The number of hydrazine groups is 1. The molecule has 3 aromatic carbocycles. The highest BCUT2D eigenvalue weighted by molar-refractivity contribution is 9.11. The van der Waals surface area contributed by atoms with Gasteiger partial charge in [-0.25, -0.2) is 10.9 Å². The van der Waals surface area contributed by atoms with Crippen molar-refractivity contribution >= 4 is 60.1 Å². The number of phenols is 2. The van der Waals surface area contributed by atoms with Crippen molar-refractivity contribution in [2.24, 2.45) is 5.84 Å². The number of halogens is 2. The number of nitrogens with two attached hydrogens (primary N) is 1. The molecule has 4 N–H and O–H groups in total. The van der Waals surface area contributed by atoms with Gasteiger partial charge >= 0.3 is 11.8 Å². The van der Waals surface area contributed by atoms with E-state index in [-0.39, 0.29) is 22.5 Å². The summed E-state index contributed by atoms with van der Waals surface area (Å²) in [7, 11) is 0. The molecule has 0 radical (unpaired) electrons. The SMILES string of the molecule is NN(C(=O)C(=O)N1CC1c1cc(Br)c(O)c(Br)c1O)c1ccc2ccccc2c1. The molecule has 1 fully saturated rings. The molecule has 0 bridgehead atoms. The molecule has 1 heterocycles. The van der Waals surface area contributed by atoms with Crippen molar-refractivity contribution in [3.8, 4) is 11.5 Å². The van der Waals surface area contributed by atoms with Crippen LogP contribution >= 0.6 is 31.9 Å². The van der Waals surface area contributed by atoms with Crippen molar-refractivity contribution in [1.82, 2.24) is 4.90 Å². The third-order valence-electron chi connectivity index (χ3n) is 4.84. The normalized spacial score (nSPS) is 15.4. The Morgan fingerprint density at radius 2 is 1.72 bits per heavy atom. The lowest BCUT2D eigenvalue weighted by Crippen LogP contribution is -2.44. The summed E-state index contributed by atoms with van der Waals surface area (Å²) >= 11 is 6.30. The second-order valence-electron chi connectivity index (χ2n) is 6.64. The van der Waals surface area contributed by atoms with Crippen molar-refractivity contribution in [3.05, 3.63) is 63.0 Å². The molecule has 4 rings (SSSR count). The Balaban J connectivity index is 1.54. The lowest BCUT2D eigenvalue weighted by molar-refractivity contribution is -0.141. The quantitative estimate of drug-likeness (QED) is 0.157. The number of anilines is 1. The second-order valence-corrected chi connectivity index (χ2v) is 8.29. The number of amides is 2. The largest absolute Gasteiger partial charge is 0.506 e. The van der Waals surface area contributed by atoms with E-state index >= 15 is 0 Å². The van der Waals surface area contributed by atoms with E-state index in [0.29, 0.717) is 15.7 Å². The molecule has 0 spiro atoms. The molecular formula is C20H15Br2N3O4. The molecule has 1 aliphatic heterocycles. The van der Waals surface area contributed by atoms with Gasteiger partial charge in [-0.2, -0.15) is 0 Å². The molecule has 0 aliphatic carbocycles. The van der Waals surface area contributed by atoms with Gasteiger partial charge in [0.2, 0.25) is 0 Å². The van der Waals surface area contributed by atoms with Gasteiger partial charge in [-0.1, -0.05) is 30.3 Å². The first-order valence-electron chi connectivity index (χ1n) is 8.58. The maximum absolute atomic E-state index is 12.6. The maximum atomic E-state index is 12.6. The van der Waals surface area contributed by atoms with Gasteiger partial charge in [-0.3, -0.25) is 9.59 Å². The highest BCUT2D eigenvalue weighted by Gasteiger charge is 2.45. The smallest absolute Gasteiger partial charge is 0.330 e. The van der Waals surface area contributed by atoms with Crippen LogP contribution in [0.1, 0.15) is 11.6 Å². The third-order valence-corrected chi connectivity index (χ3v) is 6.20. The van der Waals surface area contributed by atoms with Gasteiger partial charge in [0.1, 0.15) is 16.0 Å². The fourth-order valence-corrected chi connectivity index (χ4v) is 4.32. The molecule has 3 aromatic rings. The van der Waals surface area contributed by atoms with Crippen LogP contribution in [0.4, 0.5) is 5.69 Å². The fraction of sp³-hybridized carbons (Fsp3) is 0.100. The highest BCUT2D eigenvalue weighted by Crippen LogP contribution is 2.48. The van der Waals surface area contributed by atoms with Crippen LogP contribution < -0.4 is 10.9 Å². The van der Waals surface area contributed by atoms with E-state index in [2.05, 4.69) is 31.9 Å². The van der Waals surface area contributed by atoms with Crippen LogP contribution in [0.3, 0.4) is 0 Å². The van der Waals surface area contributed by atoms with E-state index in [9.17, 15) is 19.8 Å². The number of benzene rings is 3. The van der Waals surface area contributed by atoms with Crippen LogP contribution in [0.5, 0.6) is 11.5 Å². The van der Waals surface area contributed by atoms with Crippen molar-refractivity contribution in [2.75, 3.05) is 11.6 Å². The number of hydrogen-bond acceptors (Lipinski definition) is 5. The molecule has 1 aliphatic rings. The first kappa shape index (κ1) is 19.7. The van der Waals surface area contributed by atoms with E-state index in [4.69, 9.17) is 5.84 Å². The topological polar surface area (TPSA) is 107 Å². The molecule has 1 saturated heterocycles. The van der Waals surface area contributed by atoms with Crippen LogP contribution in [0.15, 0.2) is 57.5 Å². The van der Waals surface area contributed by atoms with E-state index in [1.165, 1.54) is 11.0 Å². The summed E-state index contributed by atoms with van der Waals surface area (Å²) in [5.41, 5.74) is 0.815. The number of fused-ring (bicyclic) bond motifs is 1. The lowest BCUT2D eigenvalue weighted by atomic mass is 10.1. The molecule has 148 valence electrons. The van der Waals surface area contributed by atoms with E-state index in [1.54, 1.807) is 12.1 Å². The summed E-state index contributed by atoms with van der Waals surface area (Å²) in [6.45, 7) is 0.257. The van der Waals surface area contributed by atoms with Crippen molar-refractivity contribution in [1.29, 1.82) is 0 Å². The molecule has 7 nitrogen and oxygen atoms in total. The second kappa shape index (κ2) is 7.33. The molecule has 0 saturated carbocycles. The highest BCUT2D eigenvalue weighted by atomic mass is 79.9. The number of phenolic OH excluding ortho intramolecular Hbond substituents is 2. The van der Waals surface area contributed by atoms with Gasteiger partial charge in [0.15, 0.2) is 0 Å². The number of rotatable bonds is 2. The molecule has 2 amide bonds. The van der Waals surface area contributed by atoms with Gasteiger partial charge in [0, 0.05) is 12.1 Å². The van der Waals surface area contributed by atoms with Crippen LogP contribution in [-0.2, 0) is 9.59 Å². The predicted octanol–water partition coefficient (Wildman–Crippen LogP) is 3.57. The first-order chi connectivity index (χ1) is 13.8. The van der Waals surface area contributed by atoms with Gasteiger partial charge in [-0.05, 0) is 60.8 Å². The van der Waals surface area contributed by atoms with Crippen LogP contribution in [-0.4, -0.2) is 33.5 Å². The van der Waals surface area contributed by atoms with Crippen molar-refractivity contribution < 1.29 is 19.8 Å². The average Bonchev–Trinajstić information content (AvgIpc) is 3.53. The average molecular weight is 521 g/mol. The summed E-state index contributed by atoms with van der Waals surface area (Å²) in [5, 5.41) is 22.8. The van der Waals surface area contributed by atoms with Crippen LogP contribution in [0, 0.1) is 0 Å². The molecule has 1 unspecified atom stereocenters. The predicted molar refractivity (Wildman–Crippen MR) is 115 cm³/mol. The summed E-state index contributed by atoms with van der Waals surface area (Å²) in [5.74, 6) is 3.94. The Hall–Kier alpha value is -2.62. The fourth-order valence-electron chi connectivity index (χ4n) is 3.17. The summed E-state index contributed by atoms with van der Waals surface area (Å²) < 4.78 is 0.475. The Bertz CT molecular complexity index is 1170. The summed E-state index contributed by atoms with van der Waals surface area (Å²) in [6, 6.07) is 13.9. The van der Waals surface area contributed by atoms with E-state index in [1.807, 2.05) is 30.3 Å². The van der Waals surface area contributed by atoms with Gasteiger partial charge < -0.3 is 15.1 Å². The van der Waals surface area contributed by atoms with Crippen molar-refractivity contribution in [2.45, 2.75) is 6.04 Å². The first-order valence-corrected chi connectivity index (χ1v) is 10.2. The number of nitrogens with zero attached hydrogens (tertiary/aromatic N) is 2. The molecular weight excluding hydrogens is 506 g/mol. The molecule has 9 heteroatoms. The van der Waals surface area contributed by atoms with Crippen molar-refractivity contribution in [3.63, 3.8) is 0 Å². The van der Waals surface area contributed by atoms with Crippen LogP contribution in [0.2, 0.25) is 0 Å². The standard InChI is InChI=1S/C20H15Br2N3O4/c21-14-8-13(17(26)16(22)18(14)27)15-9-24(15)19(28)20(29)25(23)12-6-5-10-3-1-2-4-11(10)7-12/h1-8,15,26-27H,9,23H2. The maximum Gasteiger partial charge on any atom is 0.330 e. The number of hydrogen-bond donors (Lipinski definition) is 3. The zero-order valence-corrected chi connectivity index (χ0v) is 18.0. The van der Waals surface area contributed by atoms with Gasteiger partial charge in [0.25, 0.3) is 0 Å². The minimum Gasteiger partial charge on any atom is -0.506 e.